The van der Waals surface area contributed by atoms with Crippen LogP contribution in [0.4, 0.5) is 0 Å². The molecular formula is C21H24ClN3O5S. The Morgan fingerprint density at radius 1 is 1.29 bits per heavy atom. The number of benzene rings is 2. The number of hydrogen-bond acceptors (Lipinski definition) is 6. The molecule has 0 amide bonds. The average molecular weight is 466 g/mol. The molecule has 0 saturated heterocycles. The van der Waals surface area contributed by atoms with E-state index in [1.165, 1.54) is 25.3 Å². The monoisotopic (exact) mass is 465 g/mol. The maximum atomic E-state index is 13.3. The summed E-state index contributed by atoms with van der Waals surface area (Å²) in [5.74, 6) is -1.13. The van der Waals surface area contributed by atoms with Gasteiger partial charge in [-0.05, 0) is 42.2 Å². The van der Waals surface area contributed by atoms with Gasteiger partial charge < -0.3 is 9.15 Å². The van der Waals surface area contributed by atoms with Gasteiger partial charge in [0.2, 0.25) is 15.9 Å². The van der Waals surface area contributed by atoms with E-state index in [0.29, 0.717) is 5.02 Å². The zero-order valence-corrected chi connectivity index (χ0v) is 19.2. The lowest BCUT2D eigenvalue weighted by Crippen LogP contribution is -2.32. The maximum absolute atomic E-state index is 13.3. The number of aromatic amines is 1. The molecule has 2 unspecified atom stereocenters. The van der Waals surface area contributed by atoms with Crippen molar-refractivity contribution in [2.75, 3.05) is 7.11 Å². The summed E-state index contributed by atoms with van der Waals surface area (Å²) in [6.07, 6.45) is 0.836. The van der Waals surface area contributed by atoms with Crippen LogP contribution < -0.4 is 15.2 Å². The first kappa shape index (κ1) is 23.1. The Labute approximate surface area is 185 Å². The molecule has 2 aromatic carbocycles. The Kier molecular flexibility index (Phi) is 6.88. The number of halogens is 1. The smallest absolute Gasteiger partial charge is 0.434 e. The molecule has 31 heavy (non-hydrogen) atoms. The van der Waals surface area contributed by atoms with Crippen molar-refractivity contribution in [3.05, 3.63) is 74.6 Å². The molecule has 166 valence electrons. The number of nitrogens with one attached hydrogen (secondary N) is 2. The predicted octanol–water partition coefficient (Wildman–Crippen LogP) is 3.72. The second-order valence-electron chi connectivity index (χ2n) is 7.12. The molecule has 3 aromatic rings. The number of aryl methyl sites for hydroxylation is 1. The van der Waals surface area contributed by atoms with Crippen molar-refractivity contribution >= 4 is 21.6 Å². The summed E-state index contributed by atoms with van der Waals surface area (Å²) in [6.45, 7) is 5.89. The number of hydrogen-bond donors (Lipinski definition) is 2. The summed E-state index contributed by atoms with van der Waals surface area (Å²) < 4.78 is 39.5. The third kappa shape index (κ3) is 4.84. The molecule has 8 nitrogen and oxygen atoms in total. The number of ether oxygens (including phenoxy) is 1. The van der Waals surface area contributed by atoms with Gasteiger partial charge in [0.05, 0.1) is 7.11 Å². The van der Waals surface area contributed by atoms with Crippen LogP contribution in [0.25, 0.3) is 0 Å². The van der Waals surface area contributed by atoms with Gasteiger partial charge in [-0.25, -0.2) is 18.3 Å². The molecule has 0 aliphatic heterocycles. The van der Waals surface area contributed by atoms with Gasteiger partial charge in [0.1, 0.15) is 16.7 Å². The lowest BCUT2D eigenvalue weighted by Gasteiger charge is -2.25. The highest BCUT2D eigenvalue weighted by atomic mass is 35.5. The Bertz CT molecular complexity index is 1240. The van der Waals surface area contributed by atoms with Crippen molar-refractivity contribution in [2.24, 2.45) is 0 Å². The topological polar surface area (TPSA) is 114 Å². The molecule has 0 spiro atoms. The molecule has 1 aromatic heterocycles. The van der Waals surface area contributed by atoms with E-state index in [-0.39, 0.29) is 16.5 Å². The van der Waals surface area contributed by atoms with Gasteiger partial charge >= 0.3 is 5.76 Å². The van der Waals surface area contributed by atoms with Gasteiger partial charge in [-0.1, -0.05) is 43.6 Å². The average Bonchev–Trinajstić information content (AvgIpc) is 3.17. The van der Waals surface area contributed by atoms with Crippen LogP contribution in [0.2, 0.25) is 5.02 Å². The molecule has 1 heterocycles. The van der Waals surface area contributed by atoms with Gasteiger partial charge in [-0.2, -0.15) is 4.72 Å². The summed E-state index contributed by atoms with van der Waals surface area (Å²) in [7, 11) is -2.73. The van der Waals surface area contributed by atoms with E-state index in [1.54, 1.807) is 0 Å². The fraction of sp³-hybridized carbons (Fsp3) is 0.333. The summed E-state index contributed by atoms with van der Waals surface area (Å²) >= 11 is 5.97. The van der Waals surface area contributed by atoms with E-state index in [0.717, 1.165) is 23.1 Å². The van der Waals surface area contributed by atoms with Crippen LogP contribution in [0, 0.1) is 6.92 Å². The molecule has 0 fully saturated rings. The standard InChI is InChI=1S/C21H24ClN3O5S/c1-5-14-7-6-8-16(12(14)2)13(3)19(20-23-24-21(26)30-20)25-31(27,28)18-10-9-15(22)11-17(18)29-4/h6-11,13,19,25H,5H2,1-4H3,(H,24,26). The summed E-state index contributed by atoms with van der Waals surface area (Å²) in [5.41, 5.74) is 3.11. The summed E-state index contributed by atoms with van der Waals surface area (Å²) in [4.78, 5) is 11.5. The first-order chi connectivity index (χ1) is 14.7. The minimum Gasteiger partial charge on any atom is -0.495 e. The highest BCUT2D eigenvalue weighted by molar-refractivity contribution is 7.89. The number of sulfonamides is 1. The fourth-order valence-electron chi connectivity index (χ4n) is 3.59. The van der Waals surface area contributed by atoms with E-state index < -0.39 is 27.7 Å². The summed E-state index contributed by atoms with van der Waals surface area (Å²) in [5, 5.41) is 6.42. The quantitative estimate of drug-likeness (QED) is 0.524. The first-order valence-corrected chi connectivity index (χ1v) is 11.5. The zero-order valence-electron chi connectivity index (χ0n) is 17.6. The van der Waals surface area contributed by atoms with Crippen LogP contribution in [0.3, 0.4) is 0 Å². The van der Waals surface area contributed by atoms with E-state index in [2.05, 4.69) is 21.8 Å². The zero-order chi connectivity index (χ0) is 22.8. The lowest BCUT2D eigenvalue weighted by atomic mass is 9.88. The van der Waals surface area contributed by atoms with E-state index in [4.69, 9.17) is 20.8 Å². The van der Waals surface area contributed by atoms with Gasteiger partial charge in [0, 0.05) is 17.0 Å². The number of rotatable bonds is 8. The van der Waals surface area contributed by atoms with Crippen LogP contribution in [0.5, 0.6) is 5.75 Å². The second kappa shape index (κ2) is 9.25. The molecule has 0 saturated carbocycles. The molecule has 10 heteroatoms. The third-order valence-electron chi connectivity index (χ3n) is 5.28. The molecule has 2 N–H and O–H groups in total. The minimum absolute atomic E-state index is 0.0599. The molecule has 0 radical (unpaired) electrons. The van der Waals surface area contributed by atoms with E-state index >= 15 is 0 Å². The largest absolute Gasteiger partial charge is 0.495 e. The predicted molar refractivity (Wildman–Crippen MR) is 117 cm³/mol. The Balaban J connectivity index is 2.08. The number of H-pyrrole nitrogens is 1. The highest BCUT2D eigenvalue weighted by Gasteiger charge is 2.33. The third-order valence-corrected chi connectivity index (χ3v) is 6.99. The molecular weight excluding hydrogens is 442 g/mol. The fourth-order valence-corrected chi connectivity index (χ4v) is 5.18. The lowest BCUT2D eigenvalue weighted by molar-refractivity contribution is 0.378. The van der Waals surface area contributed by atoms with Crippen molar-refractivity contribution < 1.29 is 17.6 Å². The molecule has 0 aliphatic carbocycles. The van der Waals surface area contributed by atoms with E-state index in [1.807, 2.05) is 32.0 Å². The van der Waals surface area contributed by atoms with Gasteiger partial charge in [-0.15, -0.1) is 5.10 Å². The Morgan fingerprint density at radius 3 is 2.65 bits per heavy atom. The normalized spacial score (nSPS) is 13.7. The van der Waals surface area contributed by atoms with Crippen molar-refractivity contribution in [1.82, 2.24) is 14.9 Å². The van der Waals surface area contributed by atoms with Crippen molar-refractivity contribution in [3.63, 3.8) is 0 Å². The molecule has 3 rings (SSSR count). The minimum atomic E-state index is -4.09. The van der Waals surface area contributed by atoms with Crippen molar-refractivity contribution in [2.45, 2.75) is 44.0 Å². The first-order valence-electron chi connectivity index (χ1n) is 9.67. The van der Waals surface area contributed by atoms with Crippen LogP contribution in [-0.2, 0) is 16.4 Å². The Morgan fingerprint density at radius 2 is 2.03 bits per heavy atom. The second-order valence-corrected chi connectivity index (χ2v) is 9.24. The molecule has 2 atom stereocenters. The maximum Gasteiger partial charge on any atom is 0.434 e. The van der Waals surface area contributed by atoms with Crippen LogP contribution in [-0.4, -0.2) is 25.7 Å². The van der Waals surface area contributed by atoms with Crippen LogP contribution in [0.15, 0.2) is 50.5 Å². The Hall–Kier alpha value is -2.62. The summed E-state index contributed by atoms with van der Waals surface area (Å²) in [6, 6.07) is 9.15. The van der Waals surface area contributed by atoms with Crippen molar-refractivity contribution in [3.8, 4) is 5.75 Å². The van der Waals surface area contributed by atoms with Crippen LogP contribution >= 0.6 is 11.6 Å². The number of nitrogens with zero attached hydrogens (tertiary/aromatic N) is 1. The SMILES string of the molecule is CCc1cccc(C(C)C(NS(=O)(=O)c2ccc(Cl)cc2OC)c2n[nH]c(=O)o2)c1C. The molecule has 0 bridgehead atoms. The number of methoxy groups -OCH3 is 1. The highest BCUT2D eigenvalue weighted by Crippen LogP contribution is 2.35. The van der Waals surface area contributed by atoms with Crippen molar-refractivity contribution in [1.29, 1.82) is 0 Å². The van der Waals surface area contributed by atoms with Gasteiger partial charge in [-0.3, -0.25) is 0 Å². The number of aromatic nitrogens is 2. The van der Waals surface area contributed by atoms with Crippen LogP contribution in [0.1, 0.15) is 48.4 Å². The van der Waals surface area contributed by atoms with Gasteiger partial charge in [0.25, 0.3) is 0 Å². The molecule has 0 aliphatic rings. The van der Waals surface area contributed by atoms with E-state index in [9.17, 15) is 13.2 Å². The van der Waals surface area contributed by atoms with Gasteiger partial charge in [0.15, 0.2) is 0 Å².